The van der Waals surface area contributed by atoms with Gasteiger partial charge in [-0.15, -0.1) is 11.3 Å². The second-order valence-corrected chi connectivity index (χ2v) is 5.94. The summed E-state index contributed by atoms with van der Waals surface area (Å²) in [5.41, 5.74) is 7.72. The largest absolute Gasteiger partial charge is 0.397 e. The number of carbonyl (C=O) groups is 1. The Bertz CT molecular complexity index is 592. The number of carbonyl (C=O) groups excluding carboxylic acids is 1. The van der Waals surface area contributed by atoms with Crippen molar-refractivity contribution in [2.45, 2.75) is 6.54 Å². The first-order chi connectivity index (χ1) is 9.49. The van der Waals surface area contributed by atoms with Crippen molar-refractivity contribution in [1.29, 1.82) is 0 Å². The molecule has 1 amide bonds. The normalized spacial score (nSPS) is 10.3. The van der Waals surface area contributed by atoms with E-state index in [1.165, 1.54) is 16.9 Å². The second kappa shape index (κ2) is 5.96. The predicted octanol–water partition coefficient (Wildman–Crippen LogP) is 2.67. The number of nitrogens with two attached hydrogens (primary N) is 1. The average molecular weight is 289 g/mol. The lowest BCUT2D eigenvalue weighted by Gasteiger charge is -2.16. The Labute approximate surface area is 123 Å². The lowest BCUT2D eigenvalue weighted by molar-refractivity contribution is 0.0833. The highest BCUT2D eigenvalue weighted by Crippen LogP contribution is 2.32. The van der Waals surface area contributed by atoms with Gasteiger partial charge in [0.1, 0.15) is 4.88 Å². The highest BCUT2D eigenvalue weighted by molar-refractivity contribution is 7.18. The molecule has 0 unspecified atom stereocenters. The number of hydrogen-bond acceptors (Lipinski definition) is 4. The van der Waals surface area contributed by atoms with Gasteiger partial charge in [0.2, 0.25) is 0 Å². The van der Waals surface area contributed by atoms with Gasteiger partial charge in [0.15, 0.2) is 0 Å². The van der Waals surface area contributed by atoms with Gasteiger partial charge >= 0.3 is 0 Å². The van der Waals surface area contributed by atoms with E-state index in [0.717, 1.165) is 11.5 Å². The monoisotopic (exact) mass is 289 g/mol. The van der Waals surface area contributed by atoms with Crippen LogP contribution in [0.5, 0.6) is 0 Å². The number of amides is 1. The molecule has 2 N–H and O–H groups in total. The summed E-state index contributed by atoms with van der Waals surface area (Å²) in [5, 5.41) is 0.997. The molecule has 2 rings (SSSR count). The molecule has 0 fully saturated rings. The lowest BCUT2D eigenvalue weighted by atomic mass is 10.2. The van der Waals surface area contributed by atoms with Crippen molar-refractivity contribution in [3.8, 4) is 0 Å². The van der Waals surface area contributed by atoms with E-state index in [0.29, 0.717) is 10.6 Å². The Morgan fingerprint density at radius 1 is 1.20 bits per heavy atom. The molecule has 0 bridgehead atoms. The summed E-state index contributed by atoms with van der Waals surface area (Å²) in [4.78, 5) is 16.2. The van der Waals surface area contributed by atoms with Crippen molar-refractivity contribution in [2.24, 2.45) is 0 Å². The molecule has 0 saturated carbocycles. The van der Waals surface area contributed by atoms with Gasteiger partial charge in [0.05, 0.1) is 10.7 Å². The zero-order valence-electron chi connectivity index (χ0n) is 12.0. The van der Waals surface area contributed by atoms with Crippen molar-refractivity contribution in [2.75, 3.05) is 31.8 Å². The van der Waals surface area contributed by atoms with Crippen LogP contribution in [-0.2, 0) is 6.54 Å². The molecule has 0 saturated heterocycles. The fourth-order valence-electron chi connectivity index (χ4n) is 1.89. The van der Waals surface area contributed by atoms with Gasteiger partial charge in [-0.05, 0) is 11.6 Å². The molecule has 1 aromatic carbocycles. The summed E-state index contributed by atoms with van der Waals surface area (Å²) in [6.45, 7) is 0.788. The summed E-state index contributed by atoms with van der Waals surface area (Å²) in [6.07, 6.45) is 0. The number of thiophene rings is 1. The van der Waals surface area contributed by atoms with Crippen molar-refractivity contribution in [1.82, 2.24) is 4.90 Å². The van der Waals surface area contributed by atoms with Gasteiger partial charge in [-0.2, -0.15) is 0 Å². The first-order valence-corrected chi connectivity index (χ1v) is 7.16. The minimum atomic E-state index is -0.0492. The van der Waals surface area contributed by atoms with Gasteiger partial charge < -0.3 is 15.5 Å². The standard InChI is InChI=1S/C15H19N3OS/c1-17(2)15(19)14-12(16)9-13(20-14)18(3)10-11-7-5-4-6-8-11/h4-9H,10,16H2,1-3H3. The number of anilines is 2. The Morgan fingerprint density at radius 3 is 2.45 bits per heavy atom. The lowest BCUT2D eigenvalue weighted by Crippen LogP contribution is -2.21. The smallest absolute Gasteiger partial charge is 0.265 e. The van der Waals surface area contributed by atoms with Crippen LogP contribution in [0.25, 0.3) is 0 Å². The number of nitrogen functional groups attached to an aromatic ring is 1. The fourth-order valence-corrected chi connectivity index (χ4v) is 2.95. The molecule has 0 radical (unpaired) electrons. The molecule has 4 nitrogen and oxygen atoms in total. The molecule has 0 aliphatic carbocycles. The quantitative estimate of drug-likeness (QED) is 0.941. The maximum absolute atomic E-state index is 12.0. The topological polar surface area (TPSA) is 49.6 Å². The van der Waals surface area contributed by atoms with E-state index in [-0.39, 0.29) is 5.91 Å². The Morgan fingerprint density at radius 2 is 1.85 bits per heavy atom. The first-order valence-electron chi connectivity index (χ1n) is 6.35. The Balaban J connectivity index is 2.17. The van der Waals surface area contributed by atoms with Crippen LogP contribution < -0.4 is 10.6 Å². The fraction of sp³-hybridized carbons (Fsp3) is 0.267. The minimum absolute atomic E-state index is 0.0492. The third-order valence-corrected chi connectivity index (χ3v) is 4.24. The summed E-state index contributed by atoms with van der Waals surface area (Å²) in [6, 6.07) is 12.1. The van der Waals surface area contributed by atoms with Crippen LogP contribution in [-0.4, -0.2) is 32.0 Å². The molecule has 0 aliphatic heterocycles. The summed E-state index contributed by atoms with van der Waals surface area (Å²) < 4.78 is 0. The van der Waals surface area contributed by atoms with E-state index in [1.54, 1.807) is 19.0 Å². The molecule has 2 aromatic rings. The number of hydrogen-bond donors (Lipinski definition) is 1. The zero-order valence-corrected chi connectivity index (χ0v) is 12.8. The third kappa shape index (κ3) is 3.11. The minimum Gasteiger partial charge on any atom is -0.397 e. The molecule has 0 spiro atoms. The third-order valence-electron chi connectivity index (χ3n) is 2.99. The van der Waals surface area contributed by atoms with Crippen LogP contribution in [0.2, 0.25) is 0 Å². The summed E-state index contributed by atoms with van der Waals surface area (Å²) in [7, 11) is 5.46. The van der Waals surface area contributed by atoms with Gasteiger partial charge in [-0.3, -0.25) is 4.79 Å². The summed E-state index contributed by atoms with van der Waals surface area (Å²) in [5.74, 6) is -0.0492. The van der Waals surface area contributed by atoms with Gasteiger partial charge in [0, 0.05) is 27.7 Å². The first kappa shape index (κ1) is 14.4. The van der Waals surface area contributed by atoms with Crippen molar-refractivity contribution >= 4 is 27.9 Å². The van der Waals surface area contributed by atoms with Gasteiger partial charge in [0.25, 0.3) is 5.91 Å². The van der Waals surface area contributed by atoms with E-state index >= 15 is 0 Å². The van der Waals surface area contributed by atoms with E-state index in [2.05, 4.69) is 17.0 Å². The molecule has 0 atom stereocenters. The predicted molar refractivity (Wildman–Crippen MR) is 85.3 cm³/mol. The van der Waals surface area contributed by atoms with E-state index in [1.807, 2.05) is 31.3 Å². The molecule has 1 heterocycles. The molecule has 0 aliphatic rings. The zero-order chi connectivity index (χ0) is 14.7. The second-order valence-electron chi connectivity index (χ2n) is 4.91. The molecule has 5 heteroatoms. The summed E-state index contributed by atoms with van der Waals surface area (Å²) >= 11 is 1.43. The highest BCUT2D eigenvalue weighted by Gasteiger charge is 2.17. The Hall–Kier alpha value is -2.01. The van der Waals surface area contributed by atoms with Crippen LogP contribution >= 0.6 is 11.3 Å². The maximum atomic E-state index is 12.0. The van der Waals surface area contributed by atoms with Crippen LogP contribution in [0, 0.1) is 0 Å². The number of rotatable bonds is 4. The van der Waals surface area contributed by atoms with Crippen molar-refractivity contribution in [3.63, 3.8) is 0 Å². The van der Waals surface area contributed by atoms with E-state index in [4.69, 9.17) is 5.73 Å². The molecule has 1 aromatic heterocycles. The molecular weight excluding hydrogens is 270 g/mol. The number of nitrogens with zero attached hydrogens (tertiary/aromatic N) is 2. The van der Waals surface area contributed by atoms with Gasteiger partial charge in [-0.25, -0.2) is 0 Å². The van der Waals surface area contributed by atoms with Gasteiger partial charge in [-0.1, -0.05) is 30.3 Å². The van der Waals surface area contributed by atoms with Crippen LogP contribution in [0.1, 0.15) is 15.2 Å². The van der Waals surface area contributed by atoms with E-state index in [9.17, 15) is 4.79 Å². The average Bonchev–Trinajstić information content (AvgIpc) is 2.81. The Kier molecular flexibility index (Phi) is 4.29. The molecular formula is C15H19N3OS. The highest BCUT2D eigenvalue weighted by atomic mass is 32.1. The van der Waals surface area contributed by atoms with Crippen LogP contribution in [0.3, 0.4) is 0 Å². The molecule has 106 valence electrons. The SMILES string of the molecule is CN(C)C(=O)c1sc(N(C)Cc2ccccc2)cc1N. The molecule has 20 heavy (non-hydrogen) atoms. The van der Waals surface area contributed by atoms with E-state index < -0.39 is 0 Å². The number of benzene rings is 1. The van der Waals surface area contributed by atoms with Crippen molar-refractivity contribution in [3.05, 3.63) is 46.8 Å². The van der Waals surface area contributed by atoms with Crippen LogP contribution in [0.15, 0.2) is 36.4 Å². The van der Waals surface area contributed by atoms with Crippen LogP contribution in [0.4, 0.5) is 10.7 Å². The maximum Gasteiger partial charge on any atom is 0.265 e. The van der Waals surface area contributed by atoms with Crippen molar-refractivity contribution < 1.29 is 4.79 Å².